The van der Waals surface area contributed by atoms with Gasteiger partial charge in [-0.1, -0.05) is 32.1 Å². The molecule has 124 valence electrons. The van der Waals surface area contributed by atoms with Gasteiger partial charge in [0.1, 0.15) is 0 Å². The van der Waals surface area contributed by atoms with Gasteiger partial charge in [0.05, 0.1) is 12.2 Å². The van der Waals surface area contributed by atoms with Crippen molar-refractivity contribution in [2.75, 3.05) is 7.05 Å². The molecule has 1 aliphatic carbocycles. The van der Waals surface area contributed by atoms with Gasteiger partial charge < -0.3 is 10.6 Å². The molecule has 1 aromatic heterocycles. The van der Waals surface area contributed by atoms with Gasteiger partial charge in [-0.05, 0) is 31.7 Å². The zero-order valence-electron chi connectivity index (χ0n) is 14.3. The minimum Gasteiger partial charge on any atom is -0.354 e. The van der Waals surface area contributed by atoms with E-state index >= 15 is 0 Å². The summed E-state index contributed by atoms with van der Waals surface area (Å²) in [5, 5.41) is 11.0. The minimum atomic E-state index is 0.458. The van der Waals surface area contributed by atoms with E-state index in [2.05, 4.69) is 27.6 Å². The maximum atomic E-state index is 4.32. The molecule has 1 saturated carbocycles. The summed E-state index contributed by atoms with van der Waals surface area (Å²) in [7, 11) is 3.78. The zero-order chi connectivity index (χ0) is 15.8. The number of hydrogen-bond acceptors (Lipinski definition) is 2. The number of aromatic nitrogens is 2. The number of aliphatic imine (C=N–C) groups is 1. The van der Waals surface area contributed by atoms with Crippen LogP contribution in [0.2, 0.25) is 0 Å². The Balaban J connectivity index is 1.69. The van der Waals surface area contributed by atoms with Gasteiger partial charge in [0.15, 0.2) is 5.96 Å². The van der Waals surface area contributed by atoms with Gasteiger partial charge in [-0.2, -0.15) is 5.10 Å². The summed E-state index contributed by atoms with van der Waals surface area (Å²) in [5.41, 5.74) is 1.15. The molecule has 0 spiro atoms. The quantitative estimate of drug-likeness (QED) is 0.628. The second-order valence-electron chi connectivity index (χ2n) is 6.50. The lowest BCUT2D eigenvalue weighted by Crippen LogP contribution is -2.42. The lowest BCUT2D eigenvalue weighted by Gasteiger charge is -2.24. The van der Waals surface area contributed by atoms with Crippen molar-refractivity contribution in [3.63, 3.8) is 0 Å². The lowest BCUT2D eigenvalue weighted by molar-refractivity contribution is 0.322. The van der Waals surface area contributed by atoms with Crippen LogP contribution < -0.4 is 10.6 Å². The standard InChI is InChI=1S/C17H31N5/c1-14(9-10-15-7-5-4-6-8-15)21-17(18-2)19-13-16-11-12-20-22(16)3/h11-12,14-15H,4-10,13H2,1-3H3,(H2,18,19,21). The van der Waals surface area contributed by atoms with Crippen molar-refractivity contribution in [1.29, 1.82) is 0 Å². The summed E-state index contributed by atoms with van der Waals surface area (Å²) in [6.07, 6.45) is 11.5. The van der Waals surface area contributed by atoms with Crippen molar-refractivity contribution in [2.45, 2.75) is 64.5 Å². The number of nitrogens with one attached hydrogen (secondary N) is 2. The van der Waals surface area contributed by atoms with E-state index in [9.17, 15) is 0 Å². The Morgan fingerprint density at radius 1 is 1.41 bits per heavy atom. The van der Waals surface area contributed by atoms with E-state index < -0.39 is 0 Å². The van der Waals surface area contributed by atoms with Gasteiger partial charge in [0.2, 0.25) is 0 Å². The van der Waals surface area contributed by atoms with E-state index in [0.29, 0.717) is 6.04 Å². The van der Waals surface area contributed by atoms with Crippen LogP contribution in [0.25, 0.3) is 0 Å². The van der Waals surface area contributed by atoms with Crippen LogP contribution >= 0.6 is 0 Å². The highest BCUT2D eigenvalue weighted by Gasteiger charge is 2.15. The Bertz CT molecular complexity index is 459. The predicted octanol–water partition coefficient (Wildman–Crippen LogP) is 2.83. The third-order valence-corrected chi connectivity index (χ3v) is 4.70. The number of guanidine groups is 1. The van der Waals surface area contributed by atoms with Crippen LogP contribution in [0.4, 0.5) is 0 Å². The average molecular weight is 305 g/mol. The molecule has 22 heavy (non-hydrogen) atoms. The minimum absolute atomic E-state index is 0.458. The van der Waals surface area contributed by atoms with E-state index in [-0.39, 0.29) is 0 Å². The SMILES string of the molecule is CN=C(NCc1ccnn1C)NC(C)CCC1CCCCC1. The topological polar surface area (TPSA) is 54.2 Å². The average Bonchev–Trinajstić information content (AvgIpc) is 2.95. The van der Waals surface area contributed by atoms with Gasteiger partial charge in [-0.3, -0.25) is 9.67 Å². The van der Waals surface area contributed by atoms with Gasteiger partial charge in [-0.25, -0.2) is 0 Å². The third kappa shape index (κ3) is 5.35. The number of hydrogen-bond donors (Lipinski definition) is 2. The molecule has 0 amide bonds. The van der Waals surface area contributed by atoms with Crippen molar-refractivity contribution in [2.24, 2.45) is 18.0 Å². The molecule has 1 heterocycles. The summed E-state index contributed by atoms with van der Waals surface area (Å²) in [6.45, 7) is 2.99. The lowest BCUT2D eigenvalue weighted by atomic mass is 9.85. The Labute approximate surface area is 134 Å². The molecule has 0 bridgehead atoms. The molecule has 0 aromatic carbocycles. The maximum absolute atomic E-state index is 4.32. The van der Waals surface area contributed by atoms with Crippen LogP contribution in [0.1, 0.15) is 57.6 Å². The first-order chi connectivity index (χ1) is 10.7. The maximum Gasteiger partial charge on any atom is 0.191 e. The van der Waals surface area contributed by atoms with E-state index in [4.69, 9.17) is 0 Å². The Kier molecular flexibility index (Phi) is 6.74. The molecule has 5 heteroatoms. The normalized spacial score (nSPS) is 18.2. The Morgan fingerprint density at radius 3 is 2.82 bits per heavy atom. The van der Waals surface area contributed by atoms with Crippen molar-refractivity contribution in [3.05, 3.63) is 18.0 Å². The first-order valence-electron chi connectivity index (χ1n) is 8.63. The molecule has 1 aliphatic rings. The molecule has 5 nitrogen and oxygen atoms in total. The van der Waals surface area contributed by atoms with Crippen LogP contribution in [0.15, 0.2) is 17.3 Å². The summed E-state index contributed by atoms with van der Waals surface area (Å²) in [5.74, 6) is 1.82. The van der Waals surface area contributed by atoms with E-state index in [0.717, 1.165) is 24.1 Å². The molecule has 1 atom stereocenters. The molecule has 2 rings (SSSR count). The van der Waals surface area contributed by atoms with E-state index in [1.54, 1.807) is 0 Å². The van der Waals surface area contributed by atoms with Crippen molar-refractivity contribution in [3.8, 4) is 0 Å². The molecule has 0 aliphatic heterocycles. The molecule has 1 fully saturated rings. The largest absolute Gasteiger partial charge is 0.354 e. The fraction of sp³-hybridized carbons (Fsp3) is 0.765. The number of nitrogens with zero attached hydrogens (tertiary/aromatic N) is 3. The van der Waals surface area contributed by atoms with E-state index in [1.165, 1.54) is 44.9 Å². The van der Waals surface area contributed by atoms with Crippen LogP contribution in [0, 0.1) is 5.92 Å². The molecule has 1 unspecified atom stereocenters. The van der Waals surface area contributed by atoms with Gasteiger partial charge in [-0.15, -0.1) is 0 Å². The first-order valence-corrected chi connectivity index (χ1v) is 8.63. The highest BCUT2D eigenvalue weighted by Crippen LogP contribution is 2.27. The number of rotatable bonds is 6. The van der Waals surface area contributed by atoms with Crippen molar-refractivity contribution in [1.82, 2.24) is 20.4 Å². The van der Waals surface area contributed by atoms with Crippen LogP contribution in [0.3, 0.4) is 0 Å². The molecule has 0 saturated heterocycles. The molecule has 2 N–H and O–H groups in total. The first kappa shape index (κ1) is 16.8. The summed E-state index contributed by atoms with van der Waals surface area (Å²) in [6, 6.07) is 2.48. The molecular weight excluding hydrogens is 274 g/mol. The second kappa shape index (κ2) is 8.81. The van der Waals surface area contributed by atoms with Gasteiger partial charge in [0.25, 0.3) is 0 Å². The van der Waals surface area contributed by atoms with Crippen molar-refractivity contribution >= 4 is 5.96 Å². The zero-order valence-corrected chi connectivity index (χ0v) is 14.3. The Hall–Kier alpha value is -1.52. The fourth-order valence-corrected chi connectivity index (χ4v) is 3.21. The highest BCUT2D eigenvalue weighted by atomic mass is 15.3. The smallest absolute Gasteiger partial charge is 0.191 e. The fourth-order valence-electron chi connectivity index (χ4n) is 3.21. The summed E-state index contributed by atoms with van der Waals surface area (Å²) >= 11 is 0. The summed E-state index contributed by atoms with van der Waals surface area (Å²) in [4.78, 5) is 4.32. The monoisotopic (exact) mass is 305 g/mol. The molecule has 1 aromatic rings. The Morgan fingerprint density at radius 2 is 2.18 bits per heavy atom. The van der Waals surface area contributed by atoms with Crippen LogP contribution in [0.5, 0.6) is 0 Å². The van der Waals surface area contributed by atoms with Crippen LogP contribution in [-0.4, -0.2) is 28.8 Å². The molecular formula is C17H31N5. The van der Waals surface area contributed by atoms with Crippen LogP contribution in [-0.2, 0) is 13.6 Å². The van der Waals surface area contributed by atoms with E-state index in [1.807, 2.05) is 31.0 Å². The number of aryl methyl sites for hydroxylation is 1. The highest BCUT2D eigenvalue weighted by molar-refractivity contribution is 5.79. The molecule has 0 radical (unpaired) electrons. The summed E-state index contributed by atoms with van der Waals surface area (Å²) < 4.78 is 1.88. The third-order valence-electron chi connectivity index (χ3n) is 4.70. The second-order valence-corrected chi connectivity index (χ2v) is 6.50. The van der Waals surface area contributed by atoms with Gasteiger partial charge in [0, 0.05) is 26.3 Å². The van der Waals surface area contributed by atoms with Gasteiger partial charge >= 0.3 is 0 Å². The predicted molar refractivity (Wildman–Crippen MR) is 91.8 cm³/mol. The van der Waals surface area contributed by atoms with Crippen molar-refractivity contribution < 1.29 is 0 Å².